The van der Waals surface area contributed by atoms with Crippen molar-refractivity contribution in [1.82, 2.24) is 0 Å². The van der Waals surface area contributed by atoms with E-state index in [1.165, 1.54) is 0 Å². The first-order chi connectivity index (χ1) is 14.5. The predicted octanol–water partition coefficient (Wildman–Crippen LogP) is 5.08. The average molecular weight is 473 g/mol. The van der Waals surface area contributed by atoms with Gasteiger partial charge < -0.3 is 9.47 Å². The van der Waals surface area contributed by atoms with E-state index in [1.807, 2.05) is 0 Å². The van der Waals surface area contributed by atoms with Crippen LogP contribution in [-0.4, -0.2) is 49.8 Å². The molecule has 0 aromatic rings. The molecule has 0 rings (SSSR count). The molecule has 10 heteroatoms. The van der Waals surface area contributed by atoms with Crippen molar-refractivity contribution < 1.29 is 40.8 Å². The number of alkyl halides is 2. The average Bonchev–Trinajstić information content (AvgIpc) is 2.65. The van der Waals surface area contributed by atoms with Crippen LogP contribution in [0, 0.1) is 0 Å². The van der Waals surface area contributed by atoms with Gasteiger partial charge in [-0.05, 0) is 12.8 Å². The van der Waals surface area contributed by atoms with Gasteiger partial charge >= 0.3 is 11.9 Å². The van der Waals surface area contributed by atoms with E-state index in [0.29, 0.717) is 12.8 Å². The van der Waals surface area contributed by atoms with Crippen molar-refractivity contribution in [2.75, 3.05) is 19.0 Å². The number of ether oxygens (including phenoxy) is 2. The van der Waals surface area contributed by atoms with Crippen LogP contribution in [0.4, 0.5) is 8.78 Å². The van der Waals surface area contributed by atoms with Gasteiger partial charge in [-0.25, -0.2) is 8.78 Å². The van der Waals surface area contributed by atoms with Gasteiger partial charge in [-0.15, -0.1) is 0 Å². The van der Waals surface area contributed by atoms with Crippen LogP contribution in [0.25, 0.3) is 0 Å². The number of halogens is 2. The van der Waals surface area contributed by atoms with E-state index in [-0.39, 0.29) is 19.4 Å². The summed E-state index contributed by atoms with van der Waals surface area (Å²) in [6, 6.07) is 0. The number of hydrogen-bond acceptors (Lipinski definition) is 6. The van der Waals surface area contributed by atoms with Crippen molar-refractivity contribution in [2.45, 2.75) is 103 Å². The molecule has 184 valence electrons. The van der Waals surface area contributed by atoms with Crippen LogP contribution in [-0.2, 0) is 29.2 Å². The Labute approximate surface area is 185 Å². The Hall–Kier alpha value is -1.29. The molecule has 0 aliphatic rings. The standard InChI is InChI=1S/C21H38F2O7S/c1-21(22,23)18-30-20(25)15-13-11-9-7-5-3-2-4-6-8-10-12-14-19(24)29-16-17-31(26,27)28/h2-18H2,1H3,(H,26,27,28). The second kappa shape index (κ2) is 17.3. The van der Waals surface area contributed by atoms with E-state index in [4.69, 9.17) is 9.29 Å². The molecule has 1 N–H and O–H groups in total. The lowest BCUT2D eigenvalue weighted by atomic mass is 10.0. The minimum absolute atomic E-state index is 0.193. The topological polar surface area (TPSA) is 107 Å². The minimum atomic E-state index is -4.09. The summed E-state index contributed by atoms with van der Waals surface area (Å²) < 4.78 is 63.9. The van der Waals surface area contributed by atoms with Crippen LogP contribution >= 0.6 is 0 Å². The van der Waals surface area contributed by atoms with Crippen LogP contribution in [0.1, 0.15) is 96.8 Å². The van der Waals surface area contributed by atoms with Crippen LogP contribution in [0.5, 0.6) is 0 Å². The van der Waals surface area contributed by atoms with Gasteiger partial charge in [0, 0.05) is 19.8 Å². The molecular weight excluding hydrogens is 434 g/mol. The Kier molecular flexibility index (Phi) is 16.6. The molecule has 0 saturated carbocycles. The quantitative estimate of drug-likeness (QED) is 0.150. The number of unbranched alkanes of at least 4 members (excludes halogenated alkanes) is 11. The molecule has 0 fully saturated rings. The highest BCUT2D eigenvalue weighted by Crippen LogP contribution is 2.14. The zero-order chi connectivity index (χ0) is 23.6. The predicted molar refractivity (Wildman–Crippen MR) is 114 cm³/mol. The fourth-order valence-corrected chi connectivity index (χ4v) is 3.21. The number of hydrogen-bond donors (Lipinski definition) is 1. The molecule has 0 aromatic carbocycles. The summed E-state index contributed by atoms with van der Waals surface area (Å²) in [6.45, 7) is -0.441. The molecule has 0 radical (unpaired) electrons. The van der Waals surface area contributed by atoms with Crippen LogP contribution in [0.3, 0.4) is 0 Å². The fraction of sp³-hybridized carbons (Fsp3) is 0.905. The molecule has 0 saturated heterocycles. The van der Waals surface area contributed by atoms with Crippen molar-refractivity contribution in [3.63, 3.8) is 0 Å². The molecule has 0 bridgehead atoms. The first kappa shape index (κ1) is 29.7. The summed E-state index contributed by atoms with van der Waals surface area (Å²) in [4.78, 5) is 22.7. The lowest BCUT2D eigenvalue weighted by Gasteiger charge is -2.10. The highest BCUT2D eigenvalue weighted by Gasteiger charge is 2.23. The summed E-state index contributed by atoms with van der Waals surface area (Å²) in [6.07, 6.45) is 12.5. The summed E-state index contributed by atoms with van der Waals surface area (Å²) in [5.74, 6) is -4.55. The first-order valence-electron chi connectivity index (χ1n) is 11.1. The van der Waals surface area contributed by atoms with E-state index in [0.717, 1.165) is 71.1 Å². The molecule has 0 spiro atoms. The highest BCUT2D eigenvalue weighted by atomic mass is 32.2. The van der Waals surface area contributed by atoms with E-state index in [2.05, 4.69) is 4.74 Å². The summed E-state index contributed by atoms with van der Waals surface area (Å²) in [5.41, 5.74) is 0. The van der Waals surface area contributed by atoms with E-state index < -0.39 is 40.3 Å². The third kappa shape index (κ3) is 24.8. The molecule has 0 aliphatic heterocycles. The summed E-state index contributed by atoms with van der Waals surface area (Å²) >= 11 is 0. The molecule has 0 amide bonds. The fourth-order valence-electron chi connectivity index (χ4n) is 2.92. The third-order valence-corrected chi connectivity index (χ3v) is 5.29. The Morgan fingerprint density at radius 1 is 0.742 bits per heavy atom. The maximum atomic E-state index is 12.6. The second-order valence-electron chi connectivity index (χ2n) is 7.98. The number of rotatable bonds is 20. The van der Waals surface area contributed by atoms with Crippen LogP contribution < -0.4 is 0 Å². The smallest absolute Gasteiger partial charge is 0.305 e. The van der Waals surface area contributed by atoms with Crippen molar-refractivity contribution in [1.29, 1.82) is 0 Å². The molecule has 0 heterocycles. The normalized spacial score (nSPS) is 12.0. The van der Waals surface area contributed by atoms with Gasteiger partial charge in [0.05, 0.1) is 0 Å². The minimum Gasteiger partial charge on any atom is -0.464 e. The largest absolute Gasteiger partial charge is 0.464 e. The Bertz CT molecular complexity index is 589. The maximum absolute atomic E-state index is 12.6. The Morgan fingerprint density at radius 3 is 1.45 bits per heavy atom. The summed E-state index contributed by atoms with van der Waals surface area (Å²) in [5, 5.41) is 0. The van der Waals surface area contributed by atoms with Gasteiger partial charge in [-0.3, -0.25) is 14.1 Å². The van der Waals surface area contributed by atoms with Gasteiger partial charge in [0.25, 0.3) is 16.0 Å². The third-order valence-electron chi connectivity index (χ3n) is 4.60. The maximum Gasteiger partial charge on any atom is 0.305 e. The van der Waals surface area contributed by atoms with Crippen LogP contribution in [0.2, 0.25) is 0 Å². The number of carbonyl (C=O) groups is 2. The van der Waals surface area contributed by atoms with Crippen molar-refractivity contribution in [2.24, 2.45) is 0 Å². The van der Waals surface area contributed by atoms with Crippen LogP contribution in [0.15, 0.2) is 0 Å². The Morgan fingerprint density at radius 2 is 1.10 bits per heavy atom. The lowest BCUT2D eigenvalue weighted by Crippen LogP contribution is -2.21. The van der Waals surface area contributed by atoms with E-state index >= 15 is 0 Å². The molecule has 7 nitrogen and oxygen atoms in total. The van der Waals surface area contributed by atoms with Gasteiger partial charge in [-0.2, -0.15) is 8.42 Å². The van der Waals surface area contributed by atoms with Crippen molar-refractivity contribution >= 4 is 22.1 Å². The first-order valence-corrected chi connectivity index (χ1v) is 12.7. The van der Waals surface area contributed by atoms with Gasteiger partial charge in [-0.1, -0.05) is 64.2 Å². The molecule has 0 unspecified atom stereocenters. The van der Waals surface area contributed by atoms with Gasteiger partial charge in [0.1, 0.15) is 12.4 Å². The van der Waals surface area contributed by atoms with E-state index in [1.54, 1.807) is 0 Å². The highest BCUT2D eigenvalue weighted by molar-refractivity contribution is 7.85. The second-order valence-corrected chi connectivity index (χ2v) is 9.55. The molecular formula is C21H38F2O7S. The van der Waals surface area contributed by atoms with E-state index in [9.17, 15) is 26.8 Å². The van der Waals surface area contributed by atoms with Gasteiger partial charge in [0.15, 0.2) is 6.61 Å². The SMILES string of the molecule is CC(F)(F)COC(=O)CCCCCCCCCCCCCCC(=O)OCCS(=O)(=O)O. The van der Waals surface area contributed by atoms with Crippen molar-refractivity contribution in [3.05, 3.63) is 0 Å². The molecule has 0 atom stereocenters. The van der Waals surface area contributed by atoms with Crippen molar-refractivity contribution in [3.8, 4) is 0 Å². The van der Waals surface area contributed by atoms with Gasteiger partial charge in [0.2, 0.25) is 0 Å². The summed E-state index contributed by atoms with van der Waals surface area (Å²) in [7, 11) is -4.09. The zero-order valence-corrected chi connectivity index (χ0v) is 19.4. The Balaban J connectivity index is 3.30. The lowest BCUT2D eigenvalue weighted by molar-refractivity contribution is -0.153. The number of carbonyl (C=O) groups excluding carboxylic acids is 2. The zero-order valence-electron chi connectivity index (χ0n) is 18.6. The monoisotopic (exact) mass is 472 g/mol. The molecule has 31 heavy (non-hydrogen) atoms. The molecule has 0 aliphatic carbocycles. The number of esters is 2. The molecule has 0 aromatic heterocycles.